The molecule has 140 valence electrons. The second-order valence-corrected chi connectivity index (χ2v) is 8.50. The number of benzene rings is 1. The maximum absolute atomic E-state index is 12.2. The standard InChI is InChI=1S/C17H25N3O3S.ClH/c18-14-2-1-11-20(12-14)17(21)10-5-13-3-8-16(9-4-13)24(22,23)19-15-6-7-15;/h3-4,8-9,14-15,19H,1-2,5-7,10-12,18H2;1H. The zero-order chi connectivity index (χ0) is 17.2. The summed E-state index contributed by atoms with van der Waals surface area (Å²) in [5.74, 6) is 0.122. The van der Waals surface area contributed by atoms with Crippen molar-refractivity contribution in [1.29, 1.82) is 0 Å². The summed E-state index contributed by atoms with van der Waals surface area (Å²) in [6, 6.07) is 6.99. The van der Waals surface area contributed by atoms with Crippen LogP contribution in [0.1, 0.15) is 37.7 Å². The Kier molecular flexibility index (Phi) is 6.85. The normalized spacial score (nSPS) is 20.8. The Morgan fingerprint density at radius 2 is 1.88 bits per heavy atom. The van der Waals surface area contributed by atoms with E-state index in [1.165, 1.54) is 0 Å². The maximum atomic E-state index is 12.2. The lowest BCUT2D eigenvalue weighted by Gasteiger charge is -2.30. The Balaban J connectivity index is 0.00000225. The van der Waals surface area contributed by atoms with Gasteiger partial charge in [0.15, 0.2) is 0 Å². The lowest BCUT2D eigenvalue weighted by atomic mass is 10.0. The molecule has 25 heavy (non-hydrogen) atoms. The van der Waals surface area contributed by atoms with E-state index < -0.39 is 10.0 Å². The number of nitrogens with two attached hydrogens (primary N) is 1. The monoisotopic (exact) mass is 387 g/mol. The Morgan fingerprint density at radius 1 is 1.20 bits per heavy atom. The van der Waals surface area contributed by atoms with Crippen molar-refractivity contribution in [3.05, 3.63) is 29.8 Å². The first kappa shape index (κ1) is 20.2. The molecule has 1 aliphatic heterocycles. The Hall–Kier alpha value is -1.15. The van der Waals surface area contributed by atoms with Crippen molar-refractivity contribution in [2.75, 3.05) is 13.1 Å². The van der Waals surface area contributed by atoms with E-state index in [9.17, 15) is 13.2 Å². The number of rotatable bonds is 6. The number of aryl methyl sites for hydroxylation is 1. The van der Waals surface area contributed by atoms with Gasteiger partial charge in [0.1, 0.15) is 0 Å². The van der Waals surface area contributed by atoms with Crippen LogP contribution in [0.25, 0.3) is 0 Å². The van der Waals surface area contributed by atoms with E-state index in [4.69, 9.17) is 5.73 Å². The molecule has 0 radical (unpaired) electrons. The number of halogens is 1. The molecule has 2 aliphatic rings. The third-order valence-electron chi connectivity index (χ3n) is 4.57. The Morgan fingerprint density at radius 3 is 2.48 bits per heavy atom. The number of carbonyl (C=O) groups is 1. The van der Waals surface area contributed by atoms with Crippen LogP contribution in [0.5, 0.6) is 0 Å². The van der Waals surface area contributed by atoms with Gasteiger partial charge in [-0.1, -0.05) is 12.1 Å². The van der Waals surface area contributed by atoms with E-state index in [2.05, 4.69) is 4.72 Å². The SMILES string of the molecule is Cl.NC1CCCN(C(=O)CCc2ccc(S(=O)(=O)NC3CC3)cc2)C1. The Labute approximate surface area is 155 Å². The van der Waals surface area contributed by atoms with Crippen molar-refractivity contribution in [2.45, 2.75) is 55.5 Å². The number of nitrogens with zero attached hydrogens (tertiary/aromatic N) is 1. The third-order valence-corrected chi connectivity index (χ3v) is 6.11. The van der Waals surface area contributed by atoms with E-state index in [1.807, 2.05) is 4.90 Å². The molecule has 0 bridgehead atoms. The van der Waals surface area contributed by atoms with Crippen LogP contribution in [-0.2, 0) is 21.2 Å². The number of hydrogen-bond acceptors (Lipinski definition) is 4. The molecule has 2 fully saturated rings. The molecule has 3 N–H and O–H groups in total. The van der Waals surface area contributed by atoms with Gasteiger partial charge < -0.3 is 10.6 Å². The zero-order valence-corrected chi connectivity index (χ0v) is 15.8. The summed E-state index contributed by atoms with van der Waals surface area (Å²) in [7, 11) is -3.41. The summed E-state index contributed by atoms with van der Waals surface area (Å²) in [6.07, 6.45) is 4.82. The van der Waals surface area contributed by atoms with Crippen LogP contribution in [0.15, 0.2) is 29.2 Å². The first-order valence-electron chi connectivity index (χ1n) is 8.59. The average Bonchev–Trinajstić information content (AvgIpc) is 3.36. The molecule has 0 aromatic heterocycles. The van der Waals surface area contributed by atoms with E-state index in [0.717, 1.165) is 37.8 Å². The third kappa shape index (κ3) is 5.67. The maximum Gasteiger partial charge on any atom is 0.240 e. The van der Waals surface area contributed by atoms with Crippen molar-refractivity contribution in [2.24, 2.45) is 5.73 Å². The molecular weight excluding hydrogens is 362 g/mol. The second-order valence-electron chi connectivity index (χ2n) is 6.78. The quantitative estimate of drug-likeness (QED) is 0.772. The minimum atomic E-state index is -3.41. The van der Waals surface area contributed by atoms with Crippen molar-refractivity contribution in [3.8, 4) is 0 Å². The van der Waals surface area contributed by atoms with Crippen LogP contribution in [0.2, 0.25) is 0 Å². The van der Waals surface area contributed by atoms with Crippen LogP contribution in [0, 0.1) is 0 Å². The van der Waals surface area contributed by atoms with Gasteiger partial charge in [-0.2, -0.15) is 0 Å². The zero-order valence-electron chi connectivity index (χ0n) is 14.2. The molecule has 3 rings (SSSR count). The molecule has 1 saturated heterocycles. The van der Waals surface area contributed by atoms with Gasteiger partial charge in [-0.3, -0.25) is 4.79 Å². The number of sulfonamides is 1. The number of amides is 1. The predicted octanol–water partition coefficient (Wildman–Crippen LogP) is 1.43. The van der Waals surface area contributed by atoms with Crippen LogP contribution in [0.4, 0.5) is 0 Å². The summed E-state index contributed by atoms with van der Waals surface area (Å²) < 4.78 is 26.9. The fraction of sp³-hybridized carbons (Fsp3) is 0.588. The van der Waals surface area contributed by atoms with Gasteiger partial charge in [-0.15, -0.1) is 12.4 Å². The summed E-state index contributed by atoms with van der Waals surface area (Å²) in [5, 5.41) is 0. The van der Waals surface area contributed by atoms with Gasteiger partial charge in [-0.25, -0.2) is 13.1 Å². The van der Waals surface area contributed by atoms with Crippen molar-refractivity contribution >= 4 is 28.3 Å². The van der Waals surface area contributed by atoms with E-state index in [0.29, 0.717) is 19.4 Å². The molecule has 1 heterocycles. The van der Waals surface area contributed by atoms with E-state index in [-0.39, 0.29) is 35.3 Å². The molecule has 1 unspecified atom stereocenters. The average molecular weight is 388 g/mol. The van der Waals surface area contributed by atoms with Crippen molar-refractivity contribution < 1.29 is 13.2 Å². The fourth-order valence-electron chi connectivity index (χ4n) is 2.97. The molecule has 1 aliphatic carbocycles. The van der Waals surface area contributed by atoms with Crippen molar-refractivity contribution in [3.63, 3.8) is 0 Å². The highest BCUT2D eigenvalue weighted by atomic mass is 35.5. The molecular formula is C17H26ClN3O3S. The number of piperidine rings is 1. The topological polar surface area (TPSA) is 92.5 Å². The molecule has 6 nitrogen and oxygen atoms in total. The lowest BCUT2D eigenvalue weighted by Crippen LogP contribution is -2.45. The molecule has 1 atom stereocenters. The van der Waals surface area contributed by atoms with Gasteiger partial charge in [0.05, 0.1) is 4.90 Å². The molecule has 1 amide bonds. The summed E-state index contributed by atoms with van der Waals surface area (Å²) in [4.78, 5) is 14.4. The van der Waals surface area contributed by atoms with Gasteiger partial charge >= 0.3 is 0 Å². The van der Waals surface area contributed by atoms with Crippen LogP contribution >= 0.6 is 12.4 Å². The largest absolute Gasteiger partial charge is 0.341 e. The van der Waals surface area contributed by atoms with Crippen LogP contribution in [-0.4, -0.2) is 44.4 Å². The molecule has 1 aromatic rings. The number of carbonyl (C=O) groups excluding carboxylic acids is 1. The highest BCUT2D eigenvalue weighted by Gasteiger charge is 2.27. The van der Waals surface area contributed by atoms with Gasteiger partial charge in [-0.05, 0) is 49.8 Å². The summed E-state index contributed by atoms with van der Waals surface area (Å²) >= 11 is 0. The van der Waals surface area contributed by atoms with Crippen LogP contribution < -0.4 is 10.5 Å². The van der Waals surface area contributed by atoms with Gasteiger partial charge in [0.2, 0.25) is 15.9 Å². The molecule has 0 spiro atoms. The van der Waals surface area contributed by atoms with E-state index in [1.54, 1.807) is 24.3 Å². The predicted molar refractivity (Wildman–Crippen MR) is 99.1 cm³/mol. The first-order valence-corrected chi connectivity index (χ1v) is 10.1. The number of hydrogen-bond donors (Lipinski definition) is 2. The number of nitrogens with one attached hydrogen (secondary N) is 1. The molecule has 1 saturated carbocycles. The number of likely N-dealkylation sites (tertiary alicyclic amines) is 1. The Bertz CT molecular complexity index is 690. The molecule has 8 heteroatoms. The highest BCUT2D eigenvalue weighted by molar-refractivity contribution is 7.89. The van der Waals surface area contributed by atoms with Crippen LogP contribution in [0.3, 0.4) is 0 Å². The van der Waals surface area contributed by atoms with E-state index >= 15 is 0 Å². The molecule has 1 aromatic carbocycles. The smallest absolute Gasteiger partial charge is 0.240 e. The van der Waals surface area contributed by atoms with Crippen molar-refractivity contribution in [1.82, 2.24) is 9.62 Å². The van der Waals surface area contributed by atoms with Gasteiger partial charge in [0, 0.05) is 31.6 Å². The summed E-state index contributed by atoms with van der Waals surface area (Å²) in [6.45, 7) is 1.43. The first-order chi connectivity index (χ1) is 11.4. The minimum absolute atomic E-state index is 0. The lowest BCUT2D eigenvalue weighted by molar-refractivity contribution is -0.132. The second kappa shape index (κ2) is 8.49. The highest BCUT2D eigenvalue weighted by Crippen LogP contribution is 2.22. The summed E-state index contributed by atoms with van der Waals surface area (Å²) in [5.41, 5.74) is 6.88. The fourth-order valence-corrected chi connectivity index (χ4v) is 4.27. The minimum Gasteiger partial charge on any atom is -0.341 e. The van der Waals surface area contributed by atoms with Gasteiger partial charge in [0.25, 0.3) is 0 Å².